The Morgan fingerprint density at radius 3 is 2.54 bits per heavy atom. The van der Waals surface area contributed by atoms with Gasteiger partial charge in [0.1, 0.15) is 0 Å². The van der Waals surface area contributed by atoms with E-state index in [1.54, 1.807) is 6.08 Å². The van der Waals surface area contributed by atoms with Gasteiger partial charge in [-0.3, -0.25) is 4.79 Å². The van der Waals surface area contributed by atoms with E-state index < -0.39 is 0 Å². The van der Waals surface area contributed by atoms with Gasteiger partial charge in [-0.25, -0.2) is 0 Å². The minimum absolute atomic E-state index is 0.699. The number of hydrogen-bond acceptors (Lipinski definition) is 1. The maximum absolute atomic E-state index is 10.2. The van der Waals surface area contributed by atoms with Crippen LogP contribution in [-0.2, 0) is 4.79 Å². The molecule has 1 aromatic carbocycles. The molecule has 0 heterocycles. The SMILES string of the molecule is O=C/C(I)=C/C=C/c1ccccc1. The number of allylic oxidation sites excluding steroid dienone is 3. The van der Waals surface area contributed by atoms with Crippen molar-refractivity contribution in [3.63, 3.8) is 0 Å². The summed E-state index contributed by atoms with van der Waals surface area (Å²) in [7, 11) is 0. The number of hydrogen-bond donors (Lipinski definition) is 0. The lowest BCUT2D eigenvalue weighted by molar-refractivity contribution is -0.104. The van der Waals surface area contributed by atoms with E-state index in [2.05, 4.69) is 0 Å². The van der Waals surface area contributed by atoms with Crippen molar-refractivity contribution in [1.82, 2.24) is 0 Å². The van der Waals surface area contributed by atoms with Crippen LogP contribution >= 0.6 is 22.6 Å². The quantitative estimate of drug-likeness (QED) is 0.360. The lowest BCUT2D eigenvalue weighted by Gasteiger charge is -1.88. The second kappa shape index (κ2) is 5.70. The molecule has 0 aliphatic heterocycles. The minimum atomic E-state index is 0.699. The Morgan fingerprint density at radius 1 is 1.23 bits per heavy atom. The highest BCUT2D eigenvalue weighted by molar-refractivity contribution is 14.1. The van der Waals surface area contributed by atoms with Crippen molar-refractivity contribution in [2.45, 2.75) is 0 Å². The van der Waals surface area contributed by atoms with Crippen molar-refractivity contribution < 1.29 is 4.79 Å². The van der Waals surface area contributed by atoms with Gasteiger partial charge in [-0.05, 0) is 34.2 Å². The molecule has 0 fully saturated rings. The van der Waals surface area contributed by atoms with Crippen LogP contribution in [-0.4, -0.2) is 6.29 Å². The fraction of sp³-hybridized carbons (Fsp3) is 0. The topological polar surface area (TPSA) is 17.1 Å². The lowest BCUT2D eigenvalue weighted by atomic mass is 10.2. The molecule has 0 aliphatic carbocycles. The third kappa shape index (κ3) is 4.03. The second-order valence-electron chi connectivity index (χ2n) is 2.44. The average Bonchev–Trinajstić information content (AvgIpc) is 2.19. The maximum atomic E-state index is 10.2. The van der Waals surface area contributed by atoms with Crippen LogP contribution in [0.5, 0.6) is 0 Å². The van der Waals surface area contributed by atoms with Crippen molar-refractivity contribution in [2.24, 2.45) is 0 Å². The maximum Gasteiger partial charge on any atom is 0.156 e. The van der Waals surface area contributed by atoms with E-state index in [1.807, 2.05) is 65.1 Å². The van der Waals surface area contributed by atoms with Crippen molar-refractivity contribution >= 4 is 35.0 Å². The molecule has 0 unspecified atom stereocenters. The van der Waals surface area contributed by atoms with Crippen LogP contribution in [0, 0.1) is 0 Å². The van der Waals surface area contributed by atoms with Crippen molar-refractivity contribution in [3.05, 3.63) is 51.6 Å². The van der Waals surface area contributed by atoms with Crippen LogP contribution in [0.1, 0.15) is 5.56 Å². The summed E-state index contributed by atoms with van der Waals surface area (Å²) in [4.78, 5) is 10.2. The molecular weight excluding hydrogens is 275 g/mol. The van der Waals surface area contributed by atoms with Gasteiger partial charge in [0.15, 0.2) is 6.29 Å². The van der Waals surface area contributed by atoms with E-state index in [0.29, 0.717) is 3.58 Å². The summed E-state index contributed by atoms with van der Waals surface area (Å²) in [5.74, 6) is 0. The Labute approximate surface area is 91.3 Å². The van der Waals surface area contributed by atoms with Gasteiger partial charge in [-0.1, -0.05) is 42.5 Å². The molecule has 0 saturated heterocycles. The molecule has 0 atom stereocenters. The van der Waals surface area contributed by atoms with Crippen molar-refractivity contribution in [3.8, 4) is 0 Å². The molecule has 1 aromatic rings. The van der Waals surface area contributed by atoms with Gasteiger partial charge in [-0.15, -0.1) is 0 Å². The molecule has 0 radical (unpaired) electrons. The monoisotopic (exact) mass is 284 g/mol. The summed E-state index contributed by atoms with van der Waals surface area (Å²) < 4.78 is 0.699. The van der Waals surface area contributed by atoms with Crippen LogP contribution in [0.15, 0.2) is 46.1 Å². The summed E-state index contributed by atoms with van der Waals surface area (Å²) in [5, 5.41) is 0. The highest BCUT2D eigenvalue weighted by Gasteiger charge is 1.82. The van der Waals surface area contributed by atoms with E-state index in [1.165, 1.54) is 0 Å². The number of aldehydes is 1. The molecule has 0 aromatic heterocycles. The average molecular weight is 284 g/mol. The predicted octanol–water partition coefficient (Wildman–Crippen LogP) is 3.22. The van der Waals surface area contributed by atoms with Crippen LogP contribution in [0.3, 0.4) is 0 Å². The molecule has 13 heavy (non-hydrogen) atoms. The summed E-state index contributed by atoms with van der Waals surface area (Å²) in [5.41, 5.74) is 1.13. The van der Waals surface area contributed by atoms with Gasteiger partial charge >= 0.3 is 0 Å². The van der Waals surface area contributed by atoms with Crippen molar-refractivity contribution in [2.75, 3.05) is 0 Å². The van der Waals surface area contributed by atoms with Crippen LogP contribution in [0.2, 0.25) is 0 Å². The molecule has 2 heteroatoms. The highest BCUT2D eigenvalue weighted by Crippen LogP contribution is 2.04. The van der Waals surface area contributed by atoms with E-state index in [4.69, 9.17) is 0 Å². The fourth-order valence-corrected chi connectivity index (χ4v) is 1.06. The van der Waals surface area contributed by atoms with Crippen molar-refractivity contribution in [1.29, 1.82) is 0 Å². The smallest absolute Gasteiger partial charge is 0.156 e. The minimum Gasteiger partial charge on any atom is -0.297 e. The first-order valence-electron chi connectivity index (χ1n) is 3.87. The first-order chi connectivity index (χ1) is 6.33. The molecule has 0 aliphatic rings. The van der Waals surface area contributed by atoms with E-state index >= 15 is 0 Å². The third-order valence-corrected chi connectivity index (χ3v) is 2.07. The summed E-state index contributed by atoms with van der Waals surface area (Å²) in [6, 6.07) is 9.96. The molecule has 1 rings (SSSR count). The number of halogens is 1. The summed E-state index contributed by atoms with van der Waals surface area (Å²) in [6.45, 7) is 0. The Bertz CT molecular complexity index is 325. The molecule has 0 amide bonds. The van der Waals surface area contributed by atoms with Crippen LogP contribution < -0.4 is 0 Å². The zero-order valence-corrected chi connectivity index (χ0v) is 9.14. The molecule has 1 nitrogen and oxygen atoms in total. The number of carbonyl (C=O) groups excluding carboxylic acids is 1. The third-order valence-electron chi connectivity index (χ3n) is 1.46. The van der Waals surface area contributed by atoms with Crippen LogP contribution in [0.25, 0.3) is 6.08 Å². The largest absolute Gasteiger partial charge is 0.297 e. The number of benzene rings is 1. The Hall–Kier alpha value is -0.900. The van der Waals surface area contributed by atoms with Gasteiger partial charge in [0.25, 0.3) is 0 Å². The molecule has 0 N–H and O–H groups in total. The molecule has 66 valence electrons. The Kier molecular flexibility index (Phi) is 4.46. The zero-order chi connectivity index (χ0) is 9.52. The van der Waals surface area contributed by atoms with Gasteiger partial charge < -0.3 is 0 Å². The first-order valence-corrected chi connectivity index (χ1v) is 4.95. The number of rotatable bonds is 3. The van der Waals surface area contributed by atoms with E-state index in [-0.39, 0.29) is 0 Å². The Morgan fingerprint density at radius 2 is 1.92 bits per heavy atom. The second-order valence-corrected chi connectivity index (χ2v) is 3.68. The van der Waals surface area contributed by atoms with Crippen LogP contribution in [0.4, 0.5) is 0 Å². The van der Waals surface area contributed by atoms with Gasteiger partial charge in [0.2, 0.25) is 0 Å². The standard InChI is InChI=1S/C11H9IO/c12-11(9-13)8-4-7-10-5-2-1-3-6-10/h1-9H/b7-4+,11-8-. The van der Waals surface area contributed by atoms with Gasteiger partial charge in [0.05, 0.1) is 3.58 Å². The van der Waals surface area contributed by atoms with Gasteiger partial charge in [-0.2, -0.15) is 0 Å². The van der Waals surface area contributed by atoms with Gasteiger partial charge in [0, 0.05) is 0 Å². The zero-order valence-electron chi connectivity index (χ0n) is 6.98. The summed E-state index contributed by atoms with van der Waals surface area (Å²) >= 11 is 1.99. The summed E-state index contributed by atoms with van der Waals surface area (Å²) in [6.07, 6.45) is 6.43. The van der Waals surface area contributed by atoms with E-state index in [9.17, 15) is 4.79 Å². The fourth-order valence-electron chi connectivity index (χ4n) is 0.855. The lowest BCUT2D eigenvalue weighted by Crippen LogP contribution is -1.69. The molecule has 0 spiro atoms. The Balaban J connectivity index is 2.65. The molecular formula is C11H9IO. The molecule has 0 bridgehead atoms. The highest BCUT2D eigenvalue weighted by atomic mass is 127. The number of carbonyl (C=O) groups is 1. The first kappa shape index (κ1) is 10.2. The molecule has 0 saturated carbocycles. The normalized spacial score (nSPS) is 11.9. The predicted molar refractivity (Wildman–Crippen MR) is 63.6 cm³/mol. The van der Waals surface area contributed by atoms with E-state index in [0.717, 1.165) is 11.8 Å².